The van der Waals surface area contributed by atoms with Crippen LogP contribution < -0.4 is 21.9 Å². The number of hydrogen-bond acceptors (Lipinski definition) is 7. The molecule has 2 aromatic carbocycles. The van der Waals surface area contributed by atoms with Crippen LogP contribution in [0.25, 0.3) is 5.69 Å². The van der Waals surface area contributed by atoms with Gasteiger partial charge in [-0.25, -0.2) is 4.68 Å². The van der Waals surface area contributed by atoms with E-state index in [0.717, 1.165) is 11.4 Å². The zero-order valence-corrected chi connectivity index (χ0v) is 25.6. The van der Waals surface area contributed by atoms with E-state index in [4.69, 9.17) is 15.2 Å². The van der Waals surface area contributed by atoms with Crippen LogP contribution in [-0.4, -0.2) is 52.3 Å². The van der Waals surface area contributed by atoms with Crippen molar-refractivity contribution in [1.29, 1.82) is 0 Å². The molecule has 0 bridgehead atoms. The fraction of sp³-hybridized carbons (Fsp3) is 0.424. The topological polar surface area (TPSA) is 150 Å². The first-order valence-electron chi connectivity index (χ1n) is 15.1. The van der Waals surface area contributed by atoms with Crippen molar-refractivity contribution in [3.8, 4) is 5.69 Å². The summed E-state index contributed by atoms with van der Waals surface area (Å²) in [7, 11) is 1.84. The molecule has 3 atom stereocenters. The molecule has 2 amide bonds. The van der Waals surface area contributed by atoms with Crippen LogP contribution in [0.15, 0.2) is 71.2 Å². The third kappa shape index (κ3) is 7.59. The number of ether oxygens (including phenoxy) is 2. The number of para-hydroxylation sites is 3. The number of nitrogen functional groups attached to an aromatic ring is 1. The lowest BCUT2D eigenvalue weighted by Gasteiger charge is -2.36. The van der Waals surface area contributed by atoms with Gasteiger partial charge in [-0.15, -0.1) is 0 Å². The van der Waals surface area contributed by atoms with Crippen LogP contribution in [0.3, 0.4) is 0 Å². The monoisotopic (exact) mass is 605 g/mol. The number of allylic oxidation sites excluding steroid dienone is 1. The number of carbonyl (C=O) groups excluding carboxylic acids is 2. The number of nitrogens with zero attached hydrogens (tertiary/aromatic N) is 2. The van der Waals surface area contributed by atoms with Gasteiger partial charge in [-0.3, -0.25) is 19.1 Å². The summed E-state index contributed by atoms with van der Waals surface area (Å²) in [5.74, 6) is -1.26. The molecule has 0 radical (unpaired) electrons. The van der Waals surface area contributed by atoms with E-state index in [2.05, 4.69) is 10.6 Å². The number of carbonyl (C=O) groups is 2. The van der Waals surface area contributed by atoms with Gasteiger partial charge in [0.25, 0.3) is 11.5 Å². The SMILES string of the molecule is CCOC1OC(C(=O)NCCCCC(=O)Nc2ccccc2N)=CC(c2c(C)n(C)n(-c3ccccc3)c2=O)C1CCCO. The minimum Gasteiger partial charge on any atom is -0.459 e. The fourth-order valence-corrected chi connectivity index (χ4v) is 5.59. The van der Waals surface area contributed by atoms with Crippen molar-refractivity contribution >= 4 is 23.2 Å². The first-order valence-corrected chi connectivity index (χ1v) is 15.1. The maximum atomic E-state index is 13.9. The maximum absolute atomic E-state index is 13.9. The van der Waals surface area contributed by atoms with Crippen molar-refractivity contribution in [2.75, 3.05) is 30.8 Å². The molecule has 0 fully saturated rings. The number of aliphatic hydroxyl groups is 1. The zero-order valence-electron chi connectivity index (χ0n) is 25.6. The molecule has 11 nitrogen and oxygen atoms in total. The largest absolute Gasteiger partial charge is 0.459 e. The van der Waals surface area contributed by atoms with Gasteiger partial charge in [-0.2, -0.15) is 0 Å². The number of nitrogens with one attached hydrogen (secondary N) is 2. The Kier molecular flexibility index (Phi) is 11.4. The van der Waals surface area contributed by atoms with Gasteiger partial charge in [0.15, 0.2) is 5.76 Å². The minimum atomic E-state index is -0.777. The number of rotatable bonds is 14. The molecule has 236 valence electrons. The summed E-state index contributed by atoms with van der Waals surface area (Å²) in [4.78, 5) is 39.6. The molecule has 2 heterocycles. The molecule has 0 saturated carbocycles. The summed E-state index contributed by atoms with van der Waals surface area (Å²) in [6.45, 7) is 4.40. The standard InChI is InChI=1S/C33H43N5O6/c1-4-43-33-24(15-12-20-39)25(30-22(2)37(3)38(32(30)42)23-13-6-5-7-14-23)21-28(44-33)31(41)35-19-11-10-18-29(40)36-27-17-9-8-16-26(27)34/h5-9,13-14,16-17,21,24-25,33,39H,4,10-12,15,18-20,34H2,1-3H3,(H,35,41)(H,36,40). The summed E-state index contributed by atoms with van der Waals surface area (Å²) < 4.78 is 15.5. The Bertz CT molecular complexity index is 1510. The summed E-state index contributed by atoms with van der Waals surface area (Å²) in [5, 5.41) is 15.3. The molecule has 1 aromatic heterocycles. The molecule has 4 rings (SSSR count). The minimum absolute atomic E-state index is 0.0160. The number of benzene rings is 2. The molecular formula is C33H43N5O6. The molecule has 3 unspecified atom stereocenters. The van der Waals surface area contributed by atoms with Crippen LogP contribution in [0.2, 0.25) is 0 Å². The van der Waals surface area contributed by atoms with Gasteiger partial charge >= 0.3 is 0 Å². The van der Waals surface area contributed by atoms with Crippen LogP contribution in [0.4, 0.5) is 11.4 Å². The second kappa shape index (κ2) is 15.4. The van der Waals surface area contributed by atoms with Crippen molar-refractivity contribution in [1.82, 2.24) is 14.7 Å². The second-order valence-corrected chi connectivity index (χ2v) is 10.9. The van der Waals surface area contributed by atoms with E-state index in [-0.39, 0.29) is 36.2 Å². The van der Waals surface area contributed by atoms with Crippen LogP contribution >= 0.6 is 0 Å². The van der Waals surface area contributed by atoms with E-state index >= 15 is 0 Å². The molecular weight excluding hydrogens is 562 g/mol. The van der Waals surface area contributed by atoms with Gasteiger partial charge in [0.2, 0.25) is 12.2 Å². The molecule has 1 aliphatic rings. The number of unbranched alkanes of at least 4 members (excludes halogenated alkanes) is 1. The van der Waals surface area contributed by atoms with Crippen molar-refractivity contribution in [2.45, 2.75) is 58.2 Å². The highest BCUT2D eigenvalue weighted by molar-refractivity contribution is 5.93. The maximum Gasteiger partial charge on any atom is 0.286 e. The fourth-order valence-electron chi connectivity index (χ4n) is 5.59. The zero-order chi connectivity index (χ0) is 31.6. The lowest BCUT2D eigenvalue weighted by molar-refractivity contribution is -0.166. The predicted octanol–water partition coefficient (Wildman–Crippen LogP) is 3.74. The van der Waals surface area contributed by atoms with Crippen LogP contribution in [0.1, 0.15) is 56.2 Å². The predicted molar refractivity (Wildman–Crippen MR) is 169 cm³/mol. The van der Waals surface area contributed by atoms with E-state index in [9.17, 15) is 19.5 Å². The highest BCUT2D eigenvalue weighted by Crippen LogP contribution is 2.39. The average Bonchev–Trinajstić information content (AvgIpc) is 3.24. The number of aromatic nitrogens is 2. The Morgan fingerprint density at radius 1 is 1.07 bits per heavy atom. The van der Waals surface area contributed by atoms with Gasteiger partial charge in [-0.1, -0.05) is 30.3 Å². The van der Waals surface area contributed by atoms with Gasteiger partial charge in [0.05, 0.1) is 17.1 Å². The molecule has 0 spiro atoms. The van der Waals surface area contributed by atoms with E-state index in [1.807, 2.05) is 55.9 Å². The molecule has 0 aliphatic carbocycles. The van der Waals surface area contributed by atoms with Crippen molar-refractivity contribution in [3.63, 3.8) is 0 Å². The number of anilines is 2. The number of aliphatic hydroxyl groups excluding tert-OH is 1. The van der Waals surface area contributed by atoms with Gasteiger partial charge in [0, 0.05) is 56.3 Å². The molecule has 44 heavy (non-hydrogen) atoms. The first-order chi connectivity index (χ1) is 21.3. The molecule has 1 aliphatic heterocycles. The summed E-state index contributed by atoms with van der Waals surface area (Å²) >= 11 is 0. The first kappa shape index (κ1) is 32.6. The highest BCUT2D eigenvalue weighted by atomic mass is 16.7. The Morgan fingerprint density at radius 3 is 2.50 bits per heavy atom. The van der Waals surface area contributed by atoms with Gasteiger partial charge < -0.3 is 30.9 Å². The Labute approximate surface area is 257 Å². The molecule has 3 aromatic rings. The van der Waals surface area contributed by atoms with Crippen LogP contribution in [-0.2, 0) is 26.1 Å². The van der Waals surface area contributed by atoms with E-state index < -0.39 is 18.1 Å². The van der Waals surface area contributed by atoms with E-state index in [1.54, 1.807) is 35.0 Å². The Morgan fingerprint density at radius 2 is 1.80 bits per heavy atom. The summed E-state index contributed by atoms with van der Waals surface area (Å²) in [6, 6.07) is 16.5. The summed E-state index contributed by atoms with van der Waals surface area (Å²) in [5.41, 5.74) is 8.84. The van der Waals surface area contributed by atoms with Crippen molar-refractivity contribution < 1.29 is 24.2 Å². The third-order valence-electron chi connectivity index (χ3n) is 7.92. The van der Waals surface area contributed by atoms with Gasteiger partial charge in [-0.05, 0) is 69.9 Å². The average molecular weight is 606 g/mol. The van der Waals surface area contributed by atoms with Crippen LogP contribution in [0, 0.1) is 12.8 Å². The van der Waals surface area contributed by atoms with Gasteiger partial charge in [0.1, 0.15) is 0 Å². The second-order valence-electron chi connectivity index (χ2n) is 10.9. The van der Waals surface area contributed by atoms with Crippen molar-refractivity contribution in [3.05, 3.63) is 88.0 Å². The lowest BCUT2D eigenvalue weighted by atomic mass is 9.80. The van der Waals surface area contributed by atoms with Crippen molar-refractivity contribution in [2.24, 2.45) is 13.0 Å². The normalized spacial score (nSPS) is 17.9. The highest BCUT2D eigenvalue weighted by Gasteiger charge is 2.40. The Hall–Kier alpha value is -4.35. The summed E-state index contributed by atoms with van der Waals surface area (Å²) in [6.07, 6.45) is 3.39. The third-order valence-corrected chi connectivity index (χ3v) is 7.92. The number of amides is 2. The van der Waals surface area contributed by atoms with E-state index in [0.29, 0.717) is 55.8 Å². The Balaban J connectivity index is 1.50. The lowest BCUT2D eigenvalue weighted by Crippen LogP contribution is -2.40. The molecule has 0 saturated heterocycles. The number of hydrogen-bond donors (Lipinski definition) is 4. The quantitative estimate of drug-likeness (QED) is 0.162. The van der Waals surface area contributed by atoms with E-state index in [1.165, 1.54) is 0 Å². The smallest absolute Gasteiger partial charge is 0.286 e. The van der Waals surface area contributed by atoms with Crippen LogP contribution in [0.5, 0.6) is 0 Å². The molecule has 11 heteroatoms. The molecule has 5 N–H and O–H groups in total. The number of nitrogens with two attached hydrogens (primary N) is 1.